The van der Waals surface area contributed by atoms with Crippen molar-refractivity contribution in [3.63, 3.8) is 0 Å². The molecule has 7 nitrogen and oxygen atoms in total. The van der Waals surface area contributed by atoms with E-state index in [0.717, 1.165) is 36.1 Å². The second-order valence-corrected chi connectivity index (χ2v) is 8.48. The third kappa shape index (κ3) is 5.07. The zero-order chi connectivity index (χ0) is 25.1. The summed E-state index contributed by atoms with van der Waals surface area (Å²) in [4.78, 5) is 27.9. The van der Waals surface area contributed by atoms with Crippen LogP contribution in [0.25, 0.3) is 16.8 Å². The first-order valence-electron chi connectivity index (χ1n) is 11.6. The average molecular weight is 493 g/mol. The Morgan fingerprint density at radius 3 is 2.75 bits per heavy atom. The summed E-state index contributed by atoms with van der Waals surface area (Å²) in [6.45, 7) is 1.10. The SMILES string of the molecule is O=C(Nc1cc(C2=CN=CC2)ccn1)N1CCCCNc2ccc(-c3cccc(C(F)(F)F)c3)nc21. The third-order valence-electron chi connectivity index (χ3n) is 6.00. The van der Waals surface area contributed by atoms with Gasteiger partial charge in [-0.2, -0.15) is 13.2 Å². The Hall–Kier alpha value is -4.21. The molecule has 0 aliphatic carbocycles. The minimum Gasteiger partial charge on any atom is -0.382 e. The number of halogens is 3. The molecule has 0 bridgehead atoms. The molecule has 0 radical (unpaired) electrons. The Morgan fingerprint density at radius 2 is 1.94 bits per heavy atom. The van der Waals surface area contributed by atoms with Gasteiger partial charge in [-0.3, -0.25) is 15.2 Å². The number of allylic oxidation sites excluding steroid dienone is 1. The summed E-state index contributed by atoms with van der Waals surface area (Å²) in [6, 6.07) is 11.6. The van der Waals surface area contributed by atoms with E-state index in [-0.39, 0.29) is 0 Å². The van der Waals surface area contributed by atoms with Crippen LogP contribution in [0.4, 0.5) is 35.3 Å². The predicted molar refractivity (Wildman–Crippen MR) is 134 cm³/mol. The molecule has 2 aromatic heterocycles. The molecule has 10 heteroatoms. The molecular weight excluding hydrogens is 469 g/mol. The number of aliphatic imine (C=N–C) groups is 1. The minimum atomic E-state index is -4.46. The second-order valence-electron chi connectivity index (χ2n) is 8.48. The van der Waals surface area contributed by atoms with Crippen LogP contribution in [0.15, 0.2) is 65.9 Å². The minimum absolute atomic E-state index is 0.316. The number of urea groups is 1. The smallest absolute Gasteiger partial charge is 0.382 e. The molecule has 2 aliphatic rings. The van der Waals surface area contributed by atoms with Gasteiger partial charge >= 0.3 is 12.2 Å². The van der Waals surface area contributed by atoms with Gasteiger partial charge in [0.05, 0.1) is 16.9 Å². The number of hydrogen-bond donors (Lipinski definition) is 2. The number of alkyl halides is 3. The van der Waals surface area contributed by atoms with Crippen LogP contribution in [0.2, 0.25) is 0 Å². The van der Waals surface area contributed by atoms with Gasteiger partial charge in [0.15, 0.2) is 5.82 Å². The van der Waals surface area contributed by atoms with Crippen LogP contribution in [0.5, 0.6) is 0 Å². The maximum absolute atomic E-state index is 13.4. The van der Waals surface area contributed by atoms with Crippen molar-refractivity contribution in [1.29, 1.82) is 0 Å². The first-order chi connectivity index (χ1) is 17.4. The molecule has 2 aliphatic heterocycles. The zero-order valence-corrected chi connectivity index (χ0v) is 19.2. The fourth-order valence-electron chi connectivity index (χ4n) is 4.14. The number of pyridine rings is 2. The Bertz CT molecular complexity index is 1350. The predicted octanol–water partition coefficient (Wildman–Crippen LogP) is 6.22. The summed E-state index contributed by atoms with van der Waals surface area (Å²) < 4.78 is 39.7. The molecule has 0 spiro atoms. The highest BCUT2D eigenvalue weighted by Crippen LogP contribution is 2.34. The Balaban J connectivity index is 1.46. The lowest BCUT2D eigenvalue weighted by Crippen LogP contribution is -2.38. The fourth-order valence-corrected chi connectivity index (χ4v) is 4.14. The van der Waals surface area contributed by atoms with Crippen LogP contribution in [-0.4, -0.2) is 35.3 Å². The lowest BCUT2D eigenvalue weighted by Gasteiger charge is -2.27. The number of nitrogens with one attached hydrogen (secondary N) is 2. The highest BCUT2D eigenvalue weighted by Gasteiger charge is 2.31. The molecular formula is C26H23F3N6O. The Labute approximate surface area is 205 Å². The van der Waals surface area contributed by atoms with E-state index in [1.807, 2.05) is 12.3 Å². The quantitative estimate of drug-likeness (QED) is 0.455. The summed E-state index contributed by atoms with van der Waals surface area (Å²) >= 11 is 0. The van der Waals surface area contributed by atoms with Crippen molar-refractivity contribution >= 4 is 35.1 Å². The van der Waals surface area contributed by atoms with Crippen LogP contribution in [0.1, 0.15) is 30.4 Å². The van der Waals surface area contributed by atoms with Crippen molar-refractivity contribution in [2.45, 2.75) is 25.4 Å². The monoisotopic (exact) mass is 492 g/mol. The third-order valence-corrected chi connectivity index (χ3v) is 6.00. The number of benzene rings is 1. The van der Waals surface area contributed by atoms with Crippen LogP contribution >= 0.6 is 0 Å². The normalized spacial score (nSPS) is 15.4. The van der Waals surface area contributed by atoms with Crippen molar-refractivity contribution < 1.29 is 18.0 Å². The van der Waals surface area contributed by atoms with E-state index in [2.05, 4.69) is 25.6 Å². The number of hydrogen-bond acceptors (Lipinski definition) is 5. The molecule has 0 fully saturated rings. The van der Waals surface area contributed by atoms with Crippen molar-refractivity contribution in [1.82, 2.24) is 9.97 Å². The Morgan fingerprint density at radius 1 is 1.06 bits per heavy atom. The molecule has 4 heterocycles. The summed E-state index contributed by atoms with van der Waals surface area (Å²) in [5.74, 6) is 0.737. The van der Waals surface area contributed by atoms with Gasteiger partial charge < -0.3 is 5.32 Å². The molecule has 2 N–H and O–H groups in total. The molecule has 0 saturated heterocycles. The number of anilines is 3. The molecule has 0 atom stereocenters. The zero-order valence-electron chi connectivity index (χ0n) is 19.2. The standard InChI is InChI=1S/C26H23F3N6O/c27-26(28,29)20-5-3-4-18(14-20)21-6-7-22-24(33-21)35(13-2-1-10-31-22)25(36)34-23-15-17(9-12-32-23)19-8-11-30-16-19/h3-7,9,11-12,14-16,31H,1-2,8,10,13H2,(H,32,34,36). The van der Waals surface area contributed by atoms with Gasteiger partial charge in [-0.15, -0.1) is 0 Å². The van der Waals surface area contributed by atoms with E-state index in [9.17, 15) is 18.0 Å². The number of rotatable bonds is 3. The number of fused-ring (bicyclic) bond motifs is 1. The first kappa shape index (κ1) is 23.5. The average Bonchev–Trinajstić information content (AvgIpc) is 3.39. The maximum Gasteiger partial charge on any atom is 0.416 e. The van der Waals surface area contributed by atoms with E-state index in [1.54, 1.807) is 36.7 Å². The van der Waals surface area contributed by atoms with Crippen molar-refractivity contribution in [2.24, 2.45) is 4.99 Å². The van der Waals surface area contributed by atoms with E-state index >= 15 is 0 Å². The summed E-state index contributed by atoms with van der Waals surface area (Å²) in [6.07, 6.45) is 3.04. The number of amides is 2. The highest BCUT2D eigenvalue weighted by molar-refractivity contribution is 6.03. The van der Waals surface area contributed by atoms with Crippen LogP contribution in [-0.2, 0) is 6.18 Å². The topological polar surface area (TPSA) is 82.5 Å². The van der Waals surface area contributed by atoms with Gasteiger partial charge in [0.25, 0.3) is 0 Å². The largest absolute Gasteiger partial charge is 0.416 e. The molecule has 36 heavy (non-hydrogen) atoms. The molecule has 3 aromatic rings. The molecule has 2 amide bonds. The van der Waals surface area contributed by atoms with Gasteiger partial charge in [0.1, 0.15) is 5.82 Å². The molecule has 184 valence electrons. The number of aromatic nitrogens is 2. The maximum atomic E-state index is 13.4. The van der Waals surface area contributed by atoms with Gasteiger partial charge in [-0.1, -0.05) is 12.1 Å². The summed E-state index contributed by atoms with van der Waals surface area (Å²) in [7, 11) is 0. The van der Waals surface area contributed by atoms with Crippen molar-refractivity contribution in [3.05, 3.63) is 72.1 Å². The molecule has 0 saturated carbocycles. The van der Waals surface area contributed by atoms with Crippen LogP contribution < -0.4 is 15.5 Å². The van der Waals surface area contributed by atoms with E-state index in [0.29, 0.717) is 48.1 Å². The van der Waals surface area contributed by atoms with Gasteiger partial charge in [0, 0.05) is 43.7 Å². The number of nitrogens with zero attached hydrogens (tertiary/aromatic N) is 4. The lowest BCUT2D eigenvalue weighted by atomic mass is 10.1. The van der Waals surface area contributed by atoms with Crippen molar-refractivity contribution in [2.75, 3.05) is 28.6 Å². The van der Waals surface area contributed by atoms with Gasteiger partial charge in [-0.25, -0.2) is 14.8 Å². The second kappa shape index (κ2) is 9.80. The van der Waals surface area contributed by atoms with Crippen LogP contribution in [0.3, 0.4) is 0 Å². The highest BCUT2D eigenvalue weighted by atomic mass is 19.4. The van der Waals surface area contributed by atoms with Crippen LogP contribution in [0, 0.1) is 0 Å². The van der Waals surface area contributed by atoms with Gasteiger partial charge in [0.2, 0.25) is 0 Å². The van der Waals surface area contributed by atoms with E-state index < -0.39 is 17.8 Å². The summed E-state index contributed by atoms with van der Waals surface area (Å²) in [5, 5.41) is 6.12. The van der Waals surface area contributed by atoms with E-state index in [1.165, 1.54) is 11.0 Å². The first-order valence-corrected chi connectivity index (χ1v) is 11.6. The number of carbonyl (C=O) groups excluding carboxylic acids is 1. The summed E-state index contributed by atoms with van der Waals surface area (Å²) in [5.41, 5.74) is 2.48. The molecule has 0 unspecified atom stereocenters. The number of carbonyl (C=O) groups is 1. The van der Waals surface area contributed by atoms with Crippen molar-refractivity contribution in [3.8, 4) is 11.3 Å². The van der Waals surface area contributed by atoms with E-state index in [4.69, 9.17) is 0 Å². The Kier molecular flexibility index (Phi) is 6.41. The lowest BCUT2D eigenvalue weighted by molar-refractivity contribution is -0.137. The van der Waals surface area contributed by atoms with Gasteiger partial charge in [-0.05, 0) is 60.4 Å². The fraction of sp³-hybridized carbons (Fsp3) is 0.231. The molecule has 1 aromatic carbocycles. The molecule has 5 rings (SSSR count).